The van der Waals surface area contributed by atoms with E-state index in [1.54, 1.807) is 33.2 Å². The summed E-state index contributed by atoms with van der Waals surface area (Å²) in [5, 5.41) is 3.19. The number of primary amides is 2. The highest BCUT2D eigenvalue weighted by Crippen LogP contribution is 2.50. The number of Topliss-reactive ketones (excluding diaryl/α,β-unsaturated/α-hetero) is 2. The number of amides is 3. The van der Waals surface area contributed by atoms with Gasteiger partial charge >= 0.3 is 0 Å². The molecule has 0 spiro atoms. The van der Waals surface area contributed by atoms with Crippen LogP contribution in [0.3, 0.4) is 0 Å². The number of benzene rings is 3. The largest absolute Gasteiger partial charge is 0.366 e. The molecular formula is C32H33FN4O5. The van der Waals surface area contributed by atoms with Crippen molar-refractivity contribution in [1.29, 1.82) is 0 Å². The maximum absolute atomic E-state index is 15.1. The number of nitrogens with two attached hydrogens (primary N) is 2. The second-order valence-corrected chi connectivity index (χ2v) is 10.9. The van der Waals surface area contributed by atoms with Crippen LogP contribution in [-0.4, -0.2) is 61.4 Å². The molecule has 5 N–H and O–H groups in total. The lowest BCUT2D eigenvalue weighted by atomic mass is 9.57. The molecule has 3 aromatic carbocycles. The smallest absolute Gasteiger partial charge is 0.248 e. The number of ketones is 2. The van der Waals surface area contributed by atoms with Crippen molar-refractivity contribution in [1.82, 2.24) is 10.2 Å². The molecule has 42 heavy (non-hydrogen) atoms. The highest BCUT2D eigenvalue weighted by atomic mass is 19.1. The molecule has 0 bridgehead atoms. The van der Waals surface area contributed by atoms with Crippen LogP contribution in [0.1, 0.15) is 64.9 Å². The maximum Gasteiger partial charge on any atom is 0.248 e. The Balaban J connectivity index is 1.99. The second kappa shape index (κ2) is 12.0. The molecular weight excluding hydrogens is 539 g/mol. The second-order valence-electron chi connectivity index (χ2n) is 10.9. The van der Waals surface area contributed by atoms with Gasteiger partial charge in [-0.2, -0.15) is 0 Å². The predicted octanol–water partition coefficient (Wildman–Crippen LogP) is 2.87. The molecule has 218 valence electrons. The average molecular weight is 573 g/mol. The van der Waals surface area contributed by atoms with Gasteiger partial charge in [0.1, 0.15) is 5.82 Å². The molecule has 4 rings (SSSR count). The van der Waals surface area contributed by atoms with Crippen LogP contribution in [0.25, 0.3) is 0 Å². The monoisotopic (exact) mass is 572 g/mol. The summed E-state index contributed by atoms with van der Waals surface area (Å²) in [5.74, 6) is -5.15. The molecule has 9 nitrogen and oxygen atoms in total. The summed E-state index contributed by atoms with van der Waals surface area (Å²) in [7, 11) is 3.12. The number of nitrogens with one attached hydrogen (secondary N) is 1. The third-order valence-corrected chi connectivity index (χ3v) is 8.04. The van der Waals surface area contributed by atoms with E-state index in [2.05, 4.69) is 5.32 Å². The minimum Gasteiger partial charge on any atom is -0.366 e. The number of carbonyl (C=O) groups is 5. The molecule has 0 aromatic heterocycles. The molecule has 1 aliphatic rings. The Hall–Kier alpha value is -4.70. The summed E-state index contributed by atoms with van der Waals surface area (Å²) in [4.78, 5) is 67.4. The van der Waals surface area contributed by atoms with Crippen LogP contribution in [-0.2, 0) is 4.79 Å². The zero-order chi connectivity index (χ0) is 30.8. The topological polar surface area (TPSA) is 153 Å². The zero-order valence-corrected chi connectivity index (χ0v) is 23.6. The van der Waals surface area contributed by atoms with Crippen molar-refractivity contribution in [2.75, 3.05) is 27.2 Å². The Morgan fingerprint density at radius 2 is 1.43 bits per heavy atom. The van der Waals surface area contributed by atoms with E-state index in [-0.39, 0.29) is 53.2 Å². The van der Waals surface area contributed by atoms with E-state index in [1.165, 1.54) is 59.5 Å². The van der Waals surface area contributed by atoms with Crippen molar-refractivity contribution in [3.05, 3.63) is 106 Å². The van der Waals surface area contributed by atoms with E-state index in [0.29, 0.717) is 5.56 Å². The minimum atomic E-state index is -1.57. The summed E-state index contributed by atoms with van der Waals surface area (Å²) in [5.41, 5.74) is 10.6. The minimum absolute atomic E-state index is 0.00205. The van der Waals surface area contributed by atoms with Crippen molar-refractivity contribution in [3.8, 4) is 0 Å². The van der Waals surface area contributed by atoms with E-state index >= 15 is 4.39 Å². The van der Waals surface area contributed by atoms with Gasteiger partial charge in [0.05, 0.1) is 5.41 Å². The number of halogens is 1. The lowest BCUT2D eigenvalue weighted by Crippen LogP contribution is -2.57. The van der Waals surface area contributed by atoms with Gasteiger partial charge in [-0.05, 0) is 48.4 Å². The highest BCUT2D eigenvalue weighted by Gasteiger charge is 2.55. The quantitative estimate of drug-likeness (QED) is 0.335. The summed E-state index contributed by atoms with van der Waals surface area (Å²) < 4.78 is 15.1. The lowest BCUT2D eigenvalue weighted by molar-refractivity contribution is -0.131. The summed E-state index contributed by atoms with van der Waals surface area (Å²) in [6.45, 7) is 1.68. The molecule has 10 heteroatoms. The van der Waals surface area contributed by atoms with Crippen molar-refractivity contribution >= 4 is 29.3 Å². The van der Waals surface area contributed by atoms with E-state index in [4.69, 9.17) is 11.5 Å². The predicted molar refractivity (Wildman–Crippen MR) is 155 cm³/mol. The maximum atomic E-state index is 15.1. The van der Waals surface area contributed by atoms with E-state index in [9.17, 15) is 24.0 Å². The molecule has 1 aliphatic heterocycles. The first-order chi connectivity index (χ1) is 19.9. The molecule has 3 amide bonds. The van der Waals surface area contributed by atoms with Gasteiger partial charge in [-0.25, -0.2) is 4.39 Å². The number of hydrogen-bond acceptors (Lipinski definition) is 6. The third kappa shape index (κ3) is 5.71. The number of rotatable bonds is 9. The SMILES string of the molecule is Cc1c(F)cccc1[C@H]1[C@H](C(=O)c2cccc(C(N)=O)c2)CNC[C@]1(CC(=O)N(C)C)C(=O)c1cccc(C(N)=O)c1. The van der Waals surface area contributed by atoms with Crippen LogP contribution >= 0.6 is 0 Å². The van der Waals surface area contributed by atoms with Gasteiger partial charge in [0, 0.05) is 67.7 Å². The van der Waals surface area contributed by atoms with E-state index in [1.807, 2.05) is 0 Å². The van der Waals surface area contributed by atoms with Crippen LogP contribution in [0, 0.1) is 24.1 Å². The Morgan fingerprint density at radius 1 is 0.881 bits per heavy atom. The van der Waals surface area contributed by atoms with Crippen LogP contribution in [0.15, 0.2) is 66.7 Å². The first-order valence-electron chi connectivity index (χ1n) is 13.4. The fourth-order valence-corrected chi connectivity index (χ4v) is 5.83. The lowest BCUT2D eigenvalue weighted by Gasteiger charge is -2.48. The van der Waals surface area contributed by atoms with Crippen molar-refractivity contribution < 1.29 is 28.4 Å². The van der Waals surface area contributed by atoms with Gasteiger partial charge in [-0.1, -0.05) is 36.4 Å². The summed E-state index contributed by atoms with van der Waals surface area (Å²) >= 11 is 0. The molecule has 3 atom stereocenters. The third-order valence-electron chi connectivity index (χ3n) is 8.04. The summed E-state index contributed by atoms with van der Waals surface area (Å²) in [6.07, 6.45) is -0.307. The van der Waals surface area contributed by atoms with Gasteiger partial charge < -0.3 is 21.7 Å². The first kappa shape index (κ1) is 30.3. The highest BCUT2D eigenvalue weighted by molar-refractivity contribution is 6.07. The molecule has 1 saturated heterocycles. The number of carbonyl (C=O) groups excluding carboxylic acids is 5. The molecule has 1 heterocycles. The van der Waals surface area contributed by atoms with Gasteiger partial charge in [0.25, 0.3) is 0 Å². The molecule has 3 aromatic rings. The summed E-state index contributed by atoms with van der Waals surface area (Å²) in [6, 6.07) is 16.3. The zero-order valence-electron chi connectivity index (χ0n) is 23.6. The van der Waals surface area contributed by atoms with Crippen molar-refractivity contribution in [3.63, 3.8) is 0 Å². The van der Waals surface area contributed by atoms with Crippen molar-refractivity contribution in [2.24, 2.45) is 22.8 Å². The number of nitrogens with zero attached hydrogens (tertiary/aromatic N) is 1. The first-order valence-corrected chi connectivity index (χ1v) is 13.4. The molecule has 1 fully saturated rings. The van der Waals surface area contributed by atoms with Crippen LogP contribution in [0.2, 0.25) is 0 Å². The van der Waals surface area contributed by atoms with Crippen LogP contribution in [0.5, 0.6) is 0 Å². The van der Waals surface area contributed by atoms with Gasteiger partial charge in [0.2, 0.25) is 17.7 Å². The fourth-order valence-electron chi connectivity index (χ4n) is 5.83. The number of hydrogen-bond donors (Lipinski definition) is 3. The van der Waals surface area contributed by atoms with Gasteiger partial charge in [-0.15, -0.1) is 0 Å². The van der Waals surface area contributed by atoms with Crippen LogP contribution < -0.4 is 16.8 Å². The Kier molecular flexibility index (Phi) is 8.67. The molecule has 0 saturated carbocycles. The van der Waals surface area contributed by atoms with E-state index < -0.39 is 46.4 Å². The molecule has 0 radical (unpaired) electrons. The van der Waals surface area contributed by atoms with Crippen molar-refractivity contribution in [2.45, 2.75) is 19.3 Å². The average Bonchev–Trinajstić information content (AvgIpc) is 2.97. The fraction of sp³-hybridized carbons (Fsp3) is 0.281. The number of piperidine rings is 1. The molecule has 0 unspecified atom stereocenters. The Bertz CT molecular complexity index is 1590. The van der Waals surface area contributed by atoms with Crippen LogP contribution in [0.4, 0.5) is 4.39 Å². The Labute approximate surface area is 243 Å². The van der Waals surface area contributed by atoms with E-state index in [0.717, 1.165) is 0 Å². The normalized spacial score (nSPS) is 20.0. The van der Waals surface area contributed by atoms with Gasteiger partial charge in [-0.3, -0.25) is 24.0 Å². The Morgan fingerprint density at radius 3 is 2.02 bits per heavy atom. The standard InChI is InChI=1S/C32H33FN4O5/c1-18-23(11-6-12-25(18)33)27-24(28(39)19-7-4-9-21(13-19)30(34)41)16-36-17-32(27,15-26(38)37(2)3)29(40)20-8-5-10-22(14-20)31(35)42/h4-14,24,27,36H,15-17H2,1-3H3,(H2,34,41)(H2,35,42)/t24-,27+,32+/m1/s1. The van der Waals surface area contributed by atoms with Gasteiger partial charge in [0.15, 0.2) is 11.6 Å². The molecule has 0 aliphatic carbocycles.